The van der Waals surface area contributed by atoms with Crippen molar-refractivity contribution in [3.63, 3.8) is 0 Å². The van der Waals surface area contributed by atoms with Crippen molar-refractivity contribution in [3.05, 3.63) is 83.9 Å². The summed E-state index contributed by atoms with van der Waals surface area (Å²) in [6.45, 7) is 2.87. The smallest absolute Gasteiger partial charge is 0.242 e. The van der Waals surface area contributed by atoms with E-state index in [-0.39, 0.29) is 23.1 Å². The lowest BCUT2D eigenvalue weighted by atomic mass is 10.1. The van der Waals surface area contributed by atoms with Crippen molar-refractivity contribution in [3.8, 4) is 0 Å². The summed E-state index contributed by atoms with van der Waals surface area (Å²) in [4.78, 5) is 24.6. The quantitative estimate of drug-likeness (QED) is 0.490. The molecule has 0 spiro atoms. The molecule has 6 nitrogen and oxygen atoms in total. The Balaban J connectivity index is 1.94. The molecule has 0 fully saturated rings. The molecule has 0 heterocycles. The fourth-order valence-electron chi connectivity index (χ4n) is 2.88. The molecule has 0 bridgehead atoms. The molecule has 0 aromatic heterocycles. The highest BCUT2D eigenvalue weighted by Crippen LogP contribution is 2.38. The second-order valence-electron chi connectivity index (χ2n) is 6.81. The van der Waals surface area contributed by atoms with E-state index in [4.69, 9.17) is 0 Å². The molecule has 0 saturated heterocycles. The average Bonchev–Trinajstić information content (AvgIpc) is 2.74. The molecule has 0 aliphatic heterocycles. The van der Waals surface area contributed by atoms with Crippen LogP contribution in [0, 0.1) is 0 Å². The van der Waals surface area contributed by atoms with Crippen LogP contribution in [0.3, 0.4) is 0 Å². The highest BCUT2D eigenvalue weighted by atomic mass is 32.2. The van der Waals surface area contributed by atoms with Crippen LogP contribution in [0.1, 0.15) is 29.8 Å². The summed E-state index contributed by atoms with van der Waals surface area (Å²) >= 11 is 1.26. The van der Waals surface area contributed by atoms with Crippen molar-refractivity contribution in [2.45, 2.75) is 35.1 Å². The van der Waals surface area contributed by atoms with Crippen LogP contribution in [-0.2, 0) is 21.4 Å². The fourth-order valence-corrected chi connectivity index (χ4v) is 5.39. The zero-order valence-electron chi connectivity index (χ0n) is 17.1. The highest BCUT2D eigenvalue weighted by molar-refractivity contribution is 8.00. The number of hydrogen-bond acceptors (Lipinski definition) is 5. The van der Waals surface area contributed by atoms with Crippen molar-refractivity contribution in [1.29, 1.82) is 0 Å². The van der Waals surface area contributed by atoms with Crippen LogP contribution in [0.15, 0.2) is 87.5 Å². The molecule has 0 saturated carbocycles. The molecule has 0 aliphatic rings. The van der Waals surface area contributed by atoms with E-state index < -0.39 is 10.0 Å². The van der Waals surface area contributed by atoms with Crippen LogP contribution in [0.25, 0.3) is 0 Å². The van der Waals surface area contributed by atoms with E-state index in [9.17, 15) is 18.0 Å². The molecule has 8 heteroatoms. The van der Waals surface area contributed by atoms with E-state index in [2.05, 4.69) is 10.0 Å². The molecular formula is C23H22N2O4S2. The van der Waals surface area contributed by atoms with Crippen molar-refractivity contribution in [2.24, 2.45) is 0 Å². The van der Waals surface area contributed by atoms with Gasteiger partial charge in [0.1, 0.15) is 0 Å². The number of hydrogen-bond donors (Lipinski definition) is 2. The first-order valence-corrected chi connectivity index (χ1v) is 11.8. The topological polar surface area (TPSA) is 92.3 Å². The maximum Gasteiger partial charge on any atom is 0.242 e. The van der Waals surface area contributed by atoms with Gasteiger partial charge in [-0.15, -0.1) is 0 Å². The molecular weight excluding hydrogens is 432 g/mol. The third kappa shape index (κ3) is 6.04. The summed E-state index contributed by atoms with van der Waals surface area (Å²) in [5.74, 6) is -0.382. The minimum Gasteiger partial charge on any atom is -0.325 e. The van der Waals surface area contributed by atoms with Gasteiger partial charge in [0.15, 0.2) is 5.78 Å². The normalized spacial score (nSPS) is 11.2. The molecule has 1 amide bonds. The van der Waals surface area contributed by atoms with Crippen molar-refractivity contribution in [1.82, 2.24) is 4.72 Å². The van der Waals surface area contributed by atoms with Crippen LogP contribution >= 0.6 is 11.8 Å². The number of Topliss-reactive ketones (excluding diaryl/α,β-unsaturated/α-hetero) is 1. The number of amides is 1. The predicted molar refractivity (Wildman–Crippen MR) is 122 cm³/mol. The largest absolute Gasteiger partial charge is 0.325 e. The molecule has 0 unspecified atom stereocenters. The molecule has 3 aromatic carbocycles. The maximum absolute atomic E-state index is 13.2. The van der Waals surface area contributed by atoms with Gasteiger partial charge in [-0.1, -0.05) is 54.2 Å². The van der Waals surface area contributed by atoms with E-state index in [1.165, 1.54) is 31.7 Å². The summed E-state index contributed by atoms with van der Waals surface area (Å²) in [7, 11) is -3.91. The van der Waals surface area contributed by atoms with Crippen LogP contribution in [0.4, 0.5) is 5.69 Å². The summed E-state index contributed by atoms with van der Waals surface area (Å²) in [6.07, 6.45) is 0. The van der Waals surface area contributed by atoms with Gasteiger partial charge in [-0.3, -0.25) is 9.59 Å². The van der Waals surface area contributed by atoms with E-state index in [0.29, 0.717) is 21.7 Å². The summed E-state index contributed by atoms with van der Waals surface area (Å²) < 4.78 is 28.9. The highest BCUT2D eigenvalue weighted by Gasteiger charge is 2.22. The number of anilines is 1. The first-order chi connectivity index (χ1) is 14.8. The average molecular weight is 455 g/mol. The van der Waals surface area contributed by atoms with Crippen LogP contribution in [-0.4, -0.2) is 20.1 Å². The van der Waals surface area contributed by atoms with E-state index >= 15 is 0 Å². The van der Waals surface area contributed by atoms with Gasteiger partial charge in [0.2, 0.25) is 15.9 Å². The lowest BCUT2D eigenvalue weighted by Gasteiger charge is -2.16. The van der Waals surface area contributed by atoms with E-state index in [0.717, 1.165) is 4.90 Å². The summed E-state index contributed by atoms with van der Waals surface area (Å²) in [5.41, 5.74) is 1.61. The van der Waals surface area contributed by atoms with Crippen molar-refractivity contribution >= 4 is 39.2 Å². The minimum atomic E-state index is -3.91. The van der Waals surface area contributed by atoms with E-state index in [1.54, 1.807) is 36.4 Å². The van der Waals surface area contributed by atoms with E-state index in [1.807, 2.05) is 30.3 Å². The standard InChI is InChI=1S/C23H22N2O4S2/c1-16(26)19-9-6-8-18(14-19)15-24-31(28,29)22-13-7-12-21(25-17(2)27)23(22)30-20-10-4-3-5-11-20/h3-14,24H,15H2,1-2H3,(H,25,27). The molecule has 0 aliphatic carbocycles. The van der Waals surface area contributed by atoms with Gasteiger partial charge in [0.25, 0.3) is 0 Å². The maximum atomic E-state index is 13.2. The first kappa shape index (κ1) is 22.7. The Morgan fingerprint density at radius 2 is 1.61 bits per heavy atom. The Kier molecular flexibility index (Phi) is 7.27. The summed E-state index contributed by atoms with van der Waals surface area (Å²) in [5, 5.41) is 2.71. The molecule has 2 N–H and O–H groups in total. The number of rotatable bonds is 8. The van der Waals surface area contributed by atoms with Crippen LogP contribution in [0.5, 0.6) is 0 Å². The van der Waals surface area contributed by atoms with Crippen LogP contribution in [0.2, 0.25) is 0 Å². The Morgan fingerprint density at radius 1 is 0.903 bits per heavy atom. The molecule has 160 valence electrons. The molecule has 31 heavy (non-hydrogen) atoms. The molecule has 0 radical (unpaired) electrons. The molecule has 0 atom stereocenters. The number of carbonyl (C=O) groups is 2. The Hall–Kier alpha value is -2.94. The van der Waals surface area contributed by atoms with Gasteiger partial charge in [-0.25, -0.2) is 13.1 Å². The number of carbonyl (C=O) groups excluding carboxylic acids is 2. The number of nitrogens with one attached hydrogen (secondary N) is 2. The zero-order valence-corrected chi connectivity index (χ0v) is 18.7. The van der Waals surface area contributed by atoms with Gasteiger partial charge in [0.05, 0.1) is 15.5 Å². The summed E-state index contributed by atoms with van der Waals surface area (Å²) in [6, 6.07) is 20.9. The third-order valence-corrected chi connectivity index (χ3v) is 7.07. The lowest BCUT2D eigenvalue weighted by Crippen LogP contribution is -2.24. The Bertz CT molecular complexity index is 1210. The SMILES string of the molecule is CC(=O)Nc1cccc(S(=O)(=O)NCc2cccc(C(C)=O)c2)c1Sc1ccccc1. The van der Waals surface area contributed by atoms with Gasteiger partial charge in [-0.2, -0.15) is 0 Å². The van der Waals surface area contributed by atoms with Crippen molar-refractivity contribution < 1.29 is 18.0 Å². The molecule has 3 aromatic rings. The lowest BCUT2D eigenvalue weighted by molar-refractivity contribution is -0.114. The Labute approximate surface area is 186 Å². The third-order valence-electron chi connectivity index (χ3n) is 4.34. The van der Waals surface area contributed by atoms with Gasteiger partial charge in [-0.05, 0) is 42.8 Å². The minimum absolute atomic E-state index is 0.0310. The Morgan fingerprint density at radius 3 is 2.29 bits per heavy atom. The first-order valence-electron chi connectivity index (χ1n) is 9.49. The number of ketones is 1. The van der Waals surface area contributed by atoms with Crippen LogP contribution < -0.4 is 10.0 Å². The predicted octanol–water partition coefficient (Wildman–Crippen LogP) is 4.48. The molecule has 3 rings (SSSR count). The fraction of sp³-hybridized carbons (Fsp3) is 0.130. The number of sulfonamides is 1. The number of benzene rings is 3. The monoisotopic (exact) mass is 454 g/mol. The second-order valence-corrected chi connectivity index (χ2v) is 9.63. The second kappa shape index (κ2) is 9.91. The van der Waals surface area contributed by atoms with Gasteiger partial charge in [0, 0.05) is 23.9 Å². The van der Waals surface area contributed by atoms with Gasteiger partial charge < -0.3 is 5.32 Å². The zero-order chi connectivity index (χ0) is 22.4. The van der Waals surface area contributed by atoms with Gasteiger partial charge >= 0.3 is 0 Å². The van der Waals surface area contributed by atoms with Crippen molar-refractivity contribution in [2.75, 3.05) is 5.32 Å².